The van der Waals surface area contributed by atoms with Gasteiger partial charge < -0.3 is 10.2 Å². The van der Waals surface area contributed by atoms with Gasteiger partial charge in [-0.1, -0.05) is 43.7 Å². The minimum atomic E-state index is -2.24. The Hall–Kier alpha value is -1.97. The first-order valence-electron chi connectivity index (χ1n) is 14.0. The second kappa shape index (κ2) is 10.1. The molecule has 0 bridgehead atoms. The SMILES string of the molecule is CNN(Cc1ccc(Cl)cc1)CC1CC2(C)C3CC(F)C4=CC(=O)C=CC4(C)C3(F)C(O)CC2(C)C1C(=O)CO. The second-order valence-electron chi connectivity index (χ2n) is 12.9. The predicted octanol–water partition coefficient (Wildman–Crippen LogP) is 4.39. The number of hydrogen-bond donors (Lipinski definition) is 3. The lowest BCUT2D eigenvalue weighted by Gasteiger charge is -2.66. The molecule has 0 saturated heterocycles. The van der Waals surface area contributed by atoms with Crippen LogP contribution in [0.5, 0.6) is 0 Å². The molecule has 0 radical (unpaired) electrons. The van der Waals surface area contributed by atoms with Gasteiger partial charge in [0.15, 0.2) is 17.2 Å². The van der Waals surface area contributed by atoms with Gasteiger partial charge in [0.2, 0.25) is 0 Å². The third kappa shape index (κ3) is 4.09. The maximum Gasteiger partial charge on any atom is 0.178 e. The molecule has 0 aromatic heterocycles. The van der Waals surface area contributed by atoms with Crippen molar-refractivity contribution in [2.24, 2.45) is 34.0 Å². The molecule has 1 aromatic rings. The summed E-state index contributed by atoms with van der Waals surface area (Å²) in [6, 6.07) is 7.46. The molecule has 40 heavy (non-hydrogen) atoms. The van der Waals surface area contributed by atoms with E-state index in [1.165, 1.54) is 18.2 Å². The summed E-state index contributed by atoms with van der Waals surface area (Å²) in [4.78, 5) is 25.5. The van der Waals surface area contributed by atoms with Crippen molar-refractivity contribution >= 4 is 23.2 Å². The third-order valence-electron chi connectivity index (χ3n) is 11.1. The molecule has 4 aliphatic rings. The summed E-state index contributed by atoms with van der Waals surface area (Å²) in [6.45, 7) is 5.70. The van der Waals surface area contributed by atoms with Crippen molar-refractivity contribution < 1.29 is 28.6 Å². The molecule has 4 aliphatic carbocycles. The van der Waals surface area contributed by atoms with Crippen LogP contribution in [-0.2, 0) is 16.1 Å². The molecule has 218 valence electrons. The first-order chi connectivity index (χ1) is 18.7. The molecule has 9 heteroatoms. The molecule has 3 saturated carbocycles. The zero-order chi connectivity index (χ0) is 29.3. The second-order valence-corrected chi connectivity index (χ2v) is 13.3. The first-order valence-corrected chi connectivity index (χ1v) is 14.4. The Labute approximate surface area is 239 Å². The number of fused-ring (bicyclic) bond motifs is 5. The van der Waals surface area contributed by atoms with Gasteiger partial charge in [-0.15, -0.1) is 0 Å². The number of alkyl halides is 2. The summed E-state index contributed by atoms with van der Waals surface area (Å²) < 4.78 is 33.6. The van der Waals surface area contributed by atoms with Crippen LogP contribution in [0.3, 0.4) is 0 Å². The smallest absolute Gasteiger partial charge is 0.178 e. The van der Waals surface area contributed by atoms with Crippen LogP contribution in [0.25, 0.3) is 0 Å². The number of ketones is 2. The van der Waals surface area contributed by atoms with Gasteiger partial charge in [-0.05, 0) is 85.4 Å². The maximum atomic E-state index is 17.7. The normalized spacial score (nSPS) is 42.3. The molecule has 0 aliphatic heterocycles. The summed E-state index contributed by atoms with van der Waals surface area (Å²) >= 11 is 6.05. The van der Waals surface area contributed by atoms with E-state index in [1.54, 1.807) is 14.0 Å². The Kier molecular flexibility index (Phi) is 7.44. The van der Waals surface area contributed by atoms with E-state index in [4.69, 9.17) is 11.6 Å². The van der Waals surface area contributed by atoms with E-state index in [2.05, 4.69) is 5.43 Å². The molecular weight excluding hydrogens is 538 g/mol. The van der Waals surface area contributed by atoms with Gasteiger partial charge in [0.1, 0.15) is 12.8 Å². The highest BCUT2D eigenvalue weighted by atomic mass is 35.5. The number of aliphatic hydroxyl groups excluding tert-OH is 2. The van der Waals surface area contributed by atoms with E-state index >= 15 is 8.78 Å². The lowest BCUT2D eigenvalue weighted by molar-refractivity contribution is -0.232. The number of hydrazine groups is 1. The van der Waals surface area contributed by atoms with Crippen molar-refractivity contribution in [3.63, 3.8) is 0 Å². The Balaban J connectivity index is 1.55. The summed E-state index contributed by atoms with van der Waals surface area (Å²) in [5, 5.41) is 24.2. The fourth-order valence-corrected chi connectivity index (χ4v) is 9.19. The number of carbonyl (C=O) groups is 2. The van der Waals surface area contributed by atoms with Crippen LogP contribution in [0.4, 0.5) is 8.78 Å². The number of aliphatic hydroxyl groups is 2. The van der Waals surface area contributed by atoms with E-state index < -0.39 is 52.6 Å². The number of rotatable bonds is 7. The van der Waals surface area contributed by atoms with Crippen molar-refractivity contribution in [1.82, 2.24) is 10.4 Å². The fourth-order valence-electron chi connectivity index (χ4n) is 9.07. The quantitative estimate of drug-likeness (QED) is 0.417. The van der Waals surface area contributed by atoms with Crippen molar-refractivity contribution in [3.8, 4) is 0 Å². The minimum absolute atomic E-state index is 0.0121. The number of benzene rings is 1. The summed E-state index contributed by atoms with van der Waals surface area (Å²) in [6.07, 6.45) is 1.06. The van der Waals surface area contributed by atoms with Crippen LogP contribution in [0.1, 0.15) is 45.6 Å². The number of carbonyl (C=O) groups excluding carboxylic acids is 2. The van der Waals surface area contributed by atoms with E-state index in [0.29, 0.717) is 24.5 Å². The van der Waals surface area contributed by atoms with Crippen LogP contribution in [0.2, 0.25) is 5.02 Å². The summed E-state index contributed by atoms with van der Waals surface area (Å²) in [7, 11) is 1.79. The standard InChI is InChI=1S/C31H39ClF2N2O4/c1-28-10-9-21(38)11-22(28)23(33)12-25-29(2)13-19(16-36(35-4)15-18-5-7-20(32)8-6-18)27(24(39)17-37)30(29,3)14-26(40)31(25,28)34/h5-11,19,23,25-27,35,37,40H,12-17H2,1-4H3. The van der Waals surface area contributed by atoms with Gasteiger partial charge >= 0.3 is 0 Å². The van der Waals surface area contributed by atoms with Crippen LogP contribution in [-0.4, -0.2) is 64.9 Å². The molecule has 0 amide bonds. The molecule has 9 atom stereocenters. The van der Waals surface area contributed by atoms with Gasteiger partial charge in [0.25, 0.3) is 0 Å². The average Bonchev–Trinajstić information content (AvgIpc) is 3.13. The van der Waals surface area contributed by atoms with E-state index in [0.717, 1.165) is 5.56 Å². The topological polar surface area (TPSA) is 89.9 Å². The largest absolute Gasteiger partial charge is 0.390 e. The van der Waals surface area contributed by atoms with Crippen molar-refractivity contribution in [1.29, 1.82) is 0 Å². The van der Waals surface area contributed by atoms with Gasteiger partial charge in [-0.25, -0.2) is 13.8 Å². The average molecular weight is 577 g/mol. The molecule has 3 N–H and O–H groups in total. The molecule has 9 unspecified atom stereocenters. The highest BCUT2D eigenvalue weighted by molar-refractivity contribution is 6.30. The van der Waals surface area contributed by atoms with Gasteiger partial charge in [0, 0.05) is 35.4 Å². The van der Waals surface area contributed by atoms with E-state index in [9.17, 15) is 19.8 Å². The lowest BCUT2D eigenvalue weighted by atomic mass is 9.40. The zero-order valence-electron chi connectivity index (χ0n) is 23.5. The van der Waals surface area contributed by atoms with Crippen LogP contribution in [0, 0.1) is 34.0 Å². The summed E-state index contributed by atoms with van der Waals surface area (Å²) in [5.41, 5.74) is -1.20. The Morgan fingerprint density at radius 2 is 1.85 bits per heavy atom. The molecule has 0 heterocycles. The molecule has 5 rings (SSSR count). The van der Waals surface area contributed by atoms with Gasteiger partial charge in [-0.3, -0.25) is 15.0 Å². The highest BCUT2D eigenvalue weighted by Crippen LogP contribution is 2.75. The van der Waals surface area contributed by atoms with Crippen molar-refractivity contribution in [3.05, 3.63) is 58.7 Å². The van der Waals surface area contributed by atoms with Crippen LogP contribution < -0.4 is 5.43 Å². The number of hydrogen-bond acceptors (Lipinski definition) is 6. The Morgan fingerprint density at radius 3 is 2.48 bits per heavy atom. The number of halogens is 3. The Morgan fingerprint density at radius 1 is 1.18 bits per heavy atom. The number of nitrogens with one attached hydrogen (secondary N) is 1. The first kappa shape index (κ1) is 29.5. The van der Waals surface area contributed by atoms with Crippen LogP contribution in [0.15, 0.2) is 48.1 Å². The van der Waals surface area contributed by atoms with E-state index in [-0.39, 0.29) is 35.9 Å². The summed E-state index contributed by atoms with van der Waals surface area (Å²) in [5.74, 6) is -2.59. The highest BCUT2D eigenvalue weighted by Gasteiger charge is 2.77. The lowest BCUT2D eigenvalue weighted by Crippen LogP contribution is -2.71. The molecule has 0 spiro atoms. The van der Waals surface area contributed by atoms with Crippen molar-refractivity contribution in [2.75, 3.05) is 20.2 Å². The monoisotopic (exact) mass is 576 g/mol. The third-order valence-corrected chi connectivity index (χ3v) is 11.4. The predicted molar refractivity (Wildman–Crippen MR) is 149 cm³/mol. The minimum Gasteiger partial charge on any atom is -0.390 e. The van der Waals surface area contributed by atoms with Gasteiger partial charge in [-0.2, -0.15) is 0 Å². The molecule has 1 aromatic carbocycles. The fraction of sp³-hybridized carbons (Fsp3) is 0.613. The van der Waals surface area contributed by atoms with E-state index in [1.807, 2.05) is 43.1 Å². The number of allylic oxidation sites excluding steroid dienone is 4. The van der Waals surface area contributed by atoms with Crippen molar-refractivity contribution in [2.45, 2.75) is 64.5 Å². The van der Waals surface area contributed by atoms with Gasteiger partial charge in [0.05, 0.1) is 6.10 Å². The zero-order valence-corrected chi connectivity index (χ0v) is 24.2. The Bertz CT molecular complexity index is 1260. The maximum absolute atomic E-state index is 17.7. The number of Topliss-reactive ketones (excluding diaryl/α,β-unsaturated/α-hetero) is 1. The number of nitrogens with zero attached hydrogens (tertiary/aromatic N) is 1. The molecular formula is C31H39ClF2N2O4. The van der Waals surface area contributed by atoms with Crippen LogP contribution >= 0.6 is 11.6 Å². The molecule has 3 fully saturated rings. The molecule has 6 nitrogen and oxygen atoms in total.